The van der Waals surface area contributed by atoms with Crippen LogP contribution in [0.5, 0.6) is 0 Å². The largest absolute Gasteiger partial charge is 0.393 e. The SMILES string of the molecule is CC(CC(O)C1CCOCC1)c1ccccc1. The van der Waals surface area contributed by atoms with Gasteiger partial charge in [-0.3, -0.25) is 0 Å². The maximum absolute atomic E-state index is 10.3. The monoisotopic (exact) mass is 234 g/mol. The average Bonchev–Trinajstić information content (AvgIpc) is 2.40. The van der Waals surface area contributed by atoms with Crippen molar-refractivity contribution in [3.63, 3.8) is 0 Å². The number of ether oxygens (including phenoxy) is 1. The highest BCUT2D eigenvalue weighted by Gasteiger charge is 2.23. The summed E-state index contributed by atoms with van der Waals surface area (Å²) in [7, 11) is 0. The van der Waals surface area contributed by atoms with Crippen molar-refractivity contribution in [3.05, 3.63) is 35.9 Å². The van der Waals surface area contributed by atoms with E-state index in [0.717, 1.165) is 32.5 Å². The lowest BCUT2D eigenvalue weighted by molar-refractivity contribution is 0.00290. The van der Waals surface area contributed by atoms with Crippen LogP contribution in [0.3, 0.4) is 0 Å². The van der Waals surface area contributed by atoms with Crippen molar-refractivity contribution in [3.8, 4) is 0 Å². The summed E-state index contributed by atoms with van der Waals surface area (Å²) in [5.41, 5.74) is 1.32. The van der Waals surface area contributed by atoms with Gasteiger partial charge in [0.2, 0.25) is 0 Å². The topological polar surface area (TPSA) is 29.5 Å². The van der Waals surface area contributed by atoms with E-state index in [-0.39, 0.29) is 6.10 Å². The van der Waals surface area contributed by atoms with Gasteiger partial charge in [-0.1, -0.05) is 37.3 Å². The minimum absolute atomic E-state index is 0.186. The van der Waals surface area contributed by atoms with Crippen LogP contribution < -0.4 is 0 Å². The number of hydrogen-bond donors (Lipinski definition) is 1. The molecule has 94 valence electrons. The van der Waals surface area contributed by atoms with E-state index in [0.29, 0.717) is 11.8 Å². The molecule has 0 bridgehead atoms. The molecule has 2 heteroatoms. The Balaban J connectivity index is 1.87. The van der Waals surface area contributed by atoms with Gasteiger partial charge >= 0.3 is 0 Å². The molecule has 0 saturated carbocycles. The molecule has 0 aromatic heterocycles. The second-order valence-corrected chi connectivity index (χ2v) is 5.06. The van der Waals surface area contributed by atoms with E-state index >= 15 is 0 Å². The van der Waals surface area contributed by atoms with Crippen LogP contribution in [0.15, 0.2) is 30.3 Å². The fourth-order valence-electron chi connectivity index (χ4n) is 2.57. The Hall–Kier alpha value is -0.860. The maximum atomic E-state index is 10.3. The minimum atomic E-state index is -0.186. The molecule has 1 N–H and O–H groups in total. The maximum Gasteiger partial charge on any atom is 0.0575 e. The second-order valence-electron chi connectivity index (χ2n) is 5.06. The Bertz CT molecular complexity index is 317. The number of benzene rings is 1. The lowest BCUT2D eigenvalue weighted by atomic mass is 9.86. The van der Waals surface area contributed by atoms with Gasteiger partial charge in [-0.15, -0.1) is 0 Å². The van der Waals surface area contributed by atoms with Crippen molar-refractivity contribution in [2.24, 2.45) is 5.92 Å². The Labute approximate surface area is 104 Å². The van der Waals surface area contributed by atoms with Gasteiger partial charge in [0.1, 0.15) is 0 Å². The van der Waals surface area contributed by atoms with Crippen molar-refractivity contribution in [1.82, 2.24) is 0 Å². The van der Waals surface area contributed by atoms with E-state index in [9.17, 15) is 5.11 Å². The number of aliphatic hydroxyl groups excluding tert-OH is 1. The molecular formula is C15H22O2. The van der Waals surface area contributed by atoms with Gasteiger partial charge in [0, 0.05) is 13.2 Å². The zero-order valence-corrected chi connectivity index (χ0v) is 10.5. The van der Waals surface area contributed by atoms with Crippen LogP contribution in [-0.2, 0) is 4.74 Å². The van der Waals surface area contributed by atoms with Gasteiger partial charge in [0.05, 0.1) is 6.10 Å². The van der Waals surface area contributed by atoms with Crippen molar-refractivity contribution >= 4 is 0 Å². The molecule has 1 saturated heterocycles. The number of aliphatic hydroxyl groups is 1. The summed E-state index contributed by atoms with van der Waals surface area (Å²) in [6.07, 6.45) is 2.68. The molecule has 17 heavy (non-hydrogen) atoms. The van der Waals surface area contributed by atoms with Gasteiger partial charge in [-0.05, 0) is 36.7 Å². The molecule has 0 amide bonds. The zero-order valence-electron chi connectivity index (χ0n) is 10.5. The Morgan fingerprint density at radius 3 is 2.53 bits per heavy atom. The van der Waals surface area contributed by atoms with Crippen LogP contribution in [-0.4, -0.2) is 24.4 Å². The van der Waals surface area contributed by atoms with Gasteiger partial charge in [0.15, 0.2) is 0 Å². The normalized spacial score (nSPS) is 21.1. The lowest BCUT2D eigenvalue weighted by Gasteiger charge is -2.28. The molecule has 2 atom stereocenters. The summed E-state index contributed by atoms with van der Waals surface area (Å²) in [4.78, 5) is 0. The van der Waals surface area contributed by atoms with E-state index < -0.39 is 0 Å². The Morgan fingerprint density at radius 1 is 1.24 bits per heavy atom. The standard InChI is InChI=1S/C15H22O2/c1-12(13-5-3-2-4-6-13)11-15(16)14-7-9-17-10-8-14/h2-6,12,14-16H,7-11H2,1H3. The molecule has 1 heterocycles. The first-order valence-corrected chi connectivity index (χ1v) is 6.58. The summed E-state index contributed by atoms with van der Waals surface area (Å²) in [6, 6.07) is 10.4. The second kappa shape index (κ2) is 6.18. The van der Waals surface area contributed by atoms with Crippen LogP contribution in [0.1, 0.15) is 37.7 Å². The first-order valence-electron chi connectivity index (χ1n) is 6.58. The molecule has 1 fully saturated rings. The van der Waals surface area contributed by atoms with Crippen molar-refractivity contribution in [2.75, 3.05) is 13.2 Å². The van der Waals surface area contributed by atoms with Crippen LogP contribution >= 0.6 is 0 Å². The van der Waals surface area contributed by atoms with Gasteiger partial charge in [-0.2, -0.15) is 0 Å². The van der Waals surface area contributed by atoms with Gasteiger partial charge < -0.3 is 9.84 Å². The first-order chi connectivity index (χ1) is 8.27. The van der Waals surface area contributed by atoms with E-state index in [1.165, 1.54) is 5.56 Å². The fraction of sp³-hybridized carbons (Fsp3) is 0.600. The highest BCUT2D eigenvalue weighted by atomic mass is 16.5. The smallest absolute Gasteiger partial charge is 0.0575 e. The molecule has 1 aromatic carbocycles. The van der Waals surface area contributed by atoms with Crippen LogP contribution in [0, 0.1) is 5.92 Å². The molecule has 0 radical (unpaired) electrons. The van der Waals surface area contributed by atoms with Crippen LogP contribution in [0.2, 0.25) is 0 Å². The fourth-order valence-corrected chi connectivity index (χ4v) is 2.57. The molecule has 0 aliphatic carbocycles. The van der Waals surface area contributed by atoms with Gasteiger partial charge in [0.25, 0.3) is 0 Å². The van der Waals surface area contributed by atoms with Crippen molar-refractivity contribution in [1.29, 1.82) is 0 Å². The molecule has 2 nitrogen and oxygen atoms in total. The van der Waals surface area contributed by atoms with E-state index in [2.05, 4.69) is 31.2 Å². The number of rotatable bonds is 4. The van der Waals surface area contributed by atoms with Gasteiger partial charge in [-0.25, -0.2) is 0 Å². The highest BCUT2D eigenvalue weighted by Crippen LogP contribution is 2.27. The summed E-state index contributed by atoms with van der Waals surface area (Å²) >= 11 is 0. The summed E-state index contributed by atoms with van der Waals surface area (Å²) in [5, 5.41) is 10.3. The Morgan fingerprint density at radius 2 is 1.88 bits per heavy atom. The van der Waals surface area contributed by atoms with Crippen LogP contribution in [0.4, 0.5) is 0 Å². The predicted molar refractivity (Wildman–Crippen MR) is 69.0 cm³/mol. The molecule has 2 rings (SSSR count). The predicted octanol–water partition coefficient (Wildman–Crippen LogP) is 2.97. The Kier molecular flexibility index (Phi) is 4.57. The third-order valence-corrected chi connectivity index (χ3v) is 3.77. The highest BCUT2D eigenvalue weighted by molar-refractivity contribution is 5.18. The number of hydrogen-bond acceptors (Lipinski definition) is 2. The zero-order chi connectivity index (χ0) is 12.1. The molecule has 1 aliphatic heterocycles. The summed E-state index contributed by atoms with van der Waals surface area (Å²) in [5.74, 6) is 0.851. The summed E-state index contributed by atoms with van der Waals surface area (Å²) < 4.78 is 5.33. The summed E-state index contributed by atoms with van der Waals surface area (Å²) in [6.45, 7) is 3.81. The quantitative estimate of drug-likeness (QED) is 0.868. The molecular weight excluding hydrogens is 212 g/mol. The average molecular weight is 234 g/mol. The van der Waals surface area contributed by atoms with Crippen LogP contribution in [0.25, 0.3) is 0 Å². The van der Waals surface area contributed by atoms with E-state index in [4.69, 9.17) is 4.74 Å². The molecule has 0 spiro atoms. The minimum Gasteiger partial charge on any atom is -0.393 e. The van der Waals surface area contributed by atoms with E-state index in [1.807, 2.05) is 6.07 Å². The molecule has 2 unspecified atom stereocenters. The third-order valence-electron chi connectivity index (χ3n) is 3.77. The van der Waals surface area contributed by atoms with Crippen molar-refractivity contribution < 1.29 is 9.84 Å². The van der Waals surface area contributed by atoms with Crippen molar-refractivity contribution in [2.45, 2.75) is 38.2 Å². The van der Waals surface area contributed by atoms with E-state index in [1.54, 1.807) is 0 Å². The lowest BCUT2D eigenvalue weighted by Crippen LogP contribution is -2.28. The molecule has 1 aliphatic rings. The first kappa shape index (κ1) is 12.6. The third kappa shape index (κ3) is 3.55. The molecule has 1 aromatic rings.